The lowest BCUT2D eigenvalue weighted by atomic mass is 10.1. The van der Waals surface area contributed by atoms with Gasteiger partial charge in [-0.3, -0.25) is 4.79 Å². The Hall–Kier alpha value is -3.22. The number of nitrogens with zero attached hydrogens (tertiary/aromatic N) is 4. The summed E-state index contributed by atoms with van der Waals surface area (Å²) in [6, 6.07) is 12.5. The van der Waals surface area contributed by atoms with Gasteiger partial charge in [-0.2, -0.15) is 0 Å². The van der Waals surface area contributed by atoms with Crippen LogP contribution in [0.25, 0.3) is 11.3 Å². The summed E-state index contributed by atoms with van der Waals surface area (Å²) >= 11 is 0. The predicted octanol–water partition coefficient (Wildman–Crippen LogP) is 3.51. The third-order valence-corrected chi connectivity index (χ3v) is 5.23. The van der Waals surface area contributed by atoms with Gasteiger partial charge in [-0.15, -0.1) is 0 Å². The molecule has 1 saturated heterocycles. The van der Waals surface area contributed by atoms with Crippen LogP contribution in [-0.2, 0) is 11.8 Å². The molecule has 7 heteroatoms. The van der Waals surface area contributed by atoms with E-state index in [4.69, 9.17) is 0 Å². The molecule has 2 atom stereocenters. The van der Waals surface area contributed by atoms with Crippen molar-refractivity contribution in [2.24, 2.45) is 7.05 Å². The second kappa shape index (κ2) is 8.03. The first-order chi connectivity index (χ1) is 14.0. The molecule has 6 nitrogen and oxygen atoms in total. The predicted molar refractivity (Wildman–Crippen MR) is 110 cm³/mol. The van der Waals surface area contributed by atoms with Gasteiger partial charge in [0.2, 0.25) is 6.17 Å². The van der Waals surface area contributed by atoms with Crippen molar-refractivity contribution in [3.05, 3.63) is 66.2 Å². The van der Waals surface area contributed by atoms with E-state index < -0.39 is 12.1 Å². The van der Waals surface area contributed by atoms with E-state index in [-0.39, 0.29) is 6.04 Å². The van der Waals surface area contributed by atoms with Crippen molar-refractivity contribution in [2.75, 3.05) is 18.4 Å². The van der Waals surface area contributed by atoms with Crippen LogP contribution in [0.3, 0.4) is 0 Å². The van der Waals surface area contributed by atoms with E-state index >= 15 is 0 Å². The molecule has 4 rings (SSSR count). The molecular formula is C22H24FN5O. The minimum atomic E-state index is -1.62. The average Bonchev–Trinajstić information content (AvgIpc) is 3.37. The fourth-order valence-electron chi connectivity index (χ4n) is 3.68. The Balaban J connectivity index is 1.39. The van der Waals surface area contributed by atoms with Crippen LogP contribution in [0.1, 0.15) is 23.8 Å². The Morgan fingerprint density at radius 2 is 2.03 bits per heavy atom. The fraction of sp³-hybridized carbons (Fsp3) is 0.318. The molecule has 1 aliphatic heterocycles. The molecule has 1 N–H and O–H groups in total. The second-order valence-electron chi connectivity index (χ2n) is 7.44. The molecule has 3 heterocycles. The zero-order valence-corrected chi connectivity index (χ0v) is 16.5. The van der Waals surface area contributed by atoms with E-state index in [0.29, 0.717) is 18.7 Å². The van der Waals surface area contributed by atoms with Gasteiger partial charge in [-0.1, -0.05) is 30.3 Å². The number of alkyl halides is 1. The zero-order chi connectivity index (χ0) is 20.4. The molecule has 0 radical (unpaired) electrons. The molecule has 150 valence electrons. The summed E-state index contributed by atoms with van der Waals surface area (Å²) < 4.78 is 16.5. The van der Waals surface area contributed by atoms with E-state index in [0.717, 1.165) is 29.2 Å². The van der Waals surface area contributed by atoms with Crippen molar-refractivity contribution in [1.29, 1.82) is 0 Å². The Labute approximate surface area is 169 Å². The highest BCUT2D eigenvalue weighted by atomic mass is 19.1. The normalized spacial score (nSPS) is 17.3. The van der Waals surface area contributed by atoms with Gasteiger partial charge in [-0.25, -0.2) is 14.4 Å². The van der Waals surface area contributed by atoms with Gasteiger partial charge < -0.3 is 14.8 Å². The van der Waals surface area contributed by atoms with E-state index in [9.17, 15) is 9.18 Å². The van der Waals surface area contributed by atoms with Crippen molar-refractivity contribution < 1.29 is 9.18 Å². The van der Waals surface area contributed by atoms with Crippen LogP contribution < -0.4 is 5.32 Å². The third-order valence-electron chi connectivity index (χ3n) is 5.23. The number of carbonyl (C=O) groups is 1. The number of rotatable bonds is 5. The molecule has 1 amide bonds. The maximum absolute atomic E-state index is 14.6. The highest BCUT2D eigenvalue weighted by Crippen LogP contribution is 2.25. The van der Waals surface area contributed by atoms with Crippen molar-refractivity contribution in [1.82, 2.24) is 19.4 Å². The van der Waals surface area contributed by atoms with Crippen molar-refractivity contribution in [3.8, 4) is 11.3 Å². The van der Waals surface area contributed by atoms with E-state index in [1.807, 2.05) is 42.9 Å². The average molecular weight is 393 g/mol. The van der Waals surface area contributed by atoms with Gasteiger partial charge in [0.15, 0.2) is 0 Å². The number of pyridine rings is 1. The molecule has 0 bridgehead atoms. The van der Waals surface area contributed by atoms with Gasteiger partial charge in [0.25, 0.3) is 5.91 Å². The molecule has 2 aromatic heterocycles. The summed E-state index contributed by atoms with van der Waals surface area (Å²) in [6.45, 7) is 2.96. The van der Waals surface area contributed by atoms with Crippen molar-refractivity contribution in [3.63, 3.8) is 0 Å². The monoisotopic (exact) mass is 393 g/mol. The Bertz CT molecular complexity index is 1000. The van der Waals surface area contributed by atoms with E-state index in [2.05, 4.69) is 15.3 Å². The number of imidazole rings is 1. The van der Waals surface area contributed by atoms with Crippen LogP contribution in [0.4, 0.5) is 10.2 Å². The SMILES string of the molecule is Cc1nc(N[C@H]2CCN(C(=O)C(F)c3ccccc3)C2)ccc1-c1cn(C)cn1. The Morgan fingerprint density at radius 3 is 2.72 bits per heavy atom. The van der Waals surface area contributed by atoms with Crippen molar-refractivity contribution in [2.45, 2.75) is 25.6 Å². The van der Waals surface area contributed by atoms with Crippen LogP contribution >= 0.6 is 0 Å². The van der Waals surface area contributed by atoms with Gasteiger partial charge in [0, 0.05) is 43.6 Å². The maximum Gasteiger partial charge on any atom is 0.261 e. The zero-order valence-electron chi connectivity index (χ0n) is 16.5. The molecular weight excluding hydrogens is 369 g/mol. The van der Waals surface area contributed by atoms with Crippen LogP contribution in [0.15, 0.2) is 55.0 Å². The third kappa shape index (κ3) is 4.13. The molecule has 0 spiro atoms. The number of nitrogens with one attached hydrogen (secondary N) is 1. The number of halogens is 1. The molecule has 29 heavy (non-hydrogen) atoms. The molecule has 1 aliphatic rings. The lowest BCUT2D eigenvalue weighted by Crippen LogP contribution is -2.34. The van der Waals surface area contributed by atoms with Gasteiger partial charge in [0.1, 0.15) is 5.82 Å². The number of anilines is 1. The summed E-state index contributed by atoms with van der Waals surface area (Å²) in [7, 11) is 1.93. The number of amides is 1. The summed E-state index contributed by atoms with van der Waals surface area (Å²) in [5.74, 6) is 0.275. The van der Waals surface area contributed by atoms with Gasteiger partial charge in [-0.05, 0) is 31.0 Å². The first-order valence-electron chi connectivity index (χ1n) is 9.71. The quantitative estimate of drug-likeness (QED) is 0.721. The summed E-state index contributed by atoms with van der Waals surface area (Å²) in [4.78, 5) is 23.1. The van der Waals surface area contributed by atoms with Crippen LogP contribution in [0.5, 0.6) is 0 Å². The van der Waals surface area contributed by atoms with Gasteiger partial charge >= 0.3 is 0 Å². The maximum atomic E-state index is 14.6. The first-order valence-corrected chi connectivity index (χ1v) is 9.71. The molecule has 0 saturated carbocycles. The summed E-state index contributed by atoms with van der Waals surface area (Å²) in [5, 5.41) is 3.38. The largest absolute Gasteiger partial charge is 0.365 e. The number of hydrogen-bond donors (Lipinski definition) is 1. The number of likely N-dealkylation sites (tertiary alicyclic amines) is 1. The highest BCUT2D eigenvalue weighted by molar-refractivity contribution is 5.82. The highest BCUT2D eigenvalue weighted by Gasteiger charge is 2.31. The summed E-state index contributed by atoms with van der Waals surface area (Å²) in [6.07, 6.45) is 2.86. The first kappa shape index (κ1) is 19.1. The number of aromatic nitrogens is 3. The van der Waals surface area contributed by atoms with Crippen LogP contribution in [0.2, 0.25) is 0 Å². The molecule has 3 aromatic rings. The standard InChI is InChI=1S/C22H24FN5O/c1-15-18(19-13-27(2)14-24-19)8-9-20(25-15)26-17-10-11-28(12-17)22(29)21(23)16-6-4-3-5-7-16/h3-9,13-14,17,21H,10-12H2,1-2H3,(H,25,26)/t17-,21?/m0/s1. The topological polar surface area (TPSA) is 63.1 Å². The molecule has 1 fully saturated rings. The molecule has 1 aromatic carbocycles. The minimum absolute atomic E-state index is 0.0505. The van der Waals surface area contributed by atoms with Crippen molar-refractivity contribution >= 4 is 11.7 Å². The van der Waals surface area contributed by atoms with Crippen LogP contribution in [0, 0.1) is 6.92 Å². The minimum Gasteiger partial charge on any atom is -0.365 e. The number of benzene rings is 1. The van der Waals surface area contributed by atoms with Gasteiger partial charge in [0.05, 0.1) is 12.0 Å². The number of hydrogen-bond acceptors (Lipinski definition) is 4. The van der Waals surface area contributed by atoms with Crippen LogP contribution in [-0.4, -0.2) is 44.5 Å². The lowest BCUT2D eigenvalue weighted by Gasteiger charge is -2.20. The fourth-order valence-corrected chi connectivity index (χ4v) is 3.68. The van der Waals surface area contributed by atoms with E-state index in [1.165, 1.54) is 0 Å². The molecule has 0 aliphatic carbocycles. The summed E-state index contributed by atoms with van der Waals surface area (Å²) in [5.41, 5.74) is 3.16. The van der Waals surface area contributed by atoms with E-state index in [1.54, 1.807) is 35.5 Å². The number of carbonyl (C=O) groups excluding carboxylic acids is 1. The number of aryl methyl sites for hydroxylation is 2. The molecule has 1 unspecified atom stereocenters. The Morgan fingerprint density at radius 1 is 1.24 bits per heavy atom. The lowest BCUT2D eigenvalue weighted by molar-refractivity contribution is -0.135. The smallest absolute Gasteiger partial charge is 0.261 e. The Kier molecular flexibility index (Phi) is 5.29. The second-order valence-corrected chi connectivity index (χ2v) is 7.44.